The molecule has 0 unspecified atom stereocenters. The third-order valence-electron chi connectivity index (χ3n) is 2.53. The second-order valence-electron chi connectivity index (χ2n) is 4.06. The predicted molar refractivity (Wildman–Crippen MR) is 70.5 cm³/mol. The third-order valence-corrected chi connectivity index (χ3v) is 2.77. The van der Waals surface area contributed by atoms with Gasteiger partial charge in [0, 0.05) is 5.02 Å². The monoisotopic (exact) mass is 240 g/mol. The average molecular weight is 241 g/mol. The Bertz CT molecular complexity index is 310. The lowest BCUT2D eigenvalue weighted by Crippen LogP contribution is -1.99. The van der Waals surface area contributed by atoms with Crippen molar-refractivity contribution in [3.63, 3.8) is 0 Å². The second-order valence-corrected chi connectivity index (χ2v) is 4.49. The SMILES string of the molecule is CCCCCc1cc(Cl)ccc1OCCC. The molecule has 2 heteroatoms. The second kappa shape index (κ2) is 7.56. The number of rotatable bonds is 7. The van der Waals surface area contributed by atoms with Gasteiger partial charge in [0.05, 0.1) is 6.61 Å². The van der Waals surface area contributed by atoms with Crippen molar-refractivity contribution >= 4 is 11.6 Å². The number of ether oxygens (including phenoxy) is 1. The van der Waals surface area contributed by atoms with Gasteiger partial charge >= 0.3 is 0 Å². The molecule has 0 fully saturated rings. The predicted octanol–water partition coefficient (Wildman–Crippen LogP) is 4.86. The van der Waals surface area contributed by atoms with Crippen LogP contribution in [-0.4, -0.2) is 6.61 Å². The Morgan fingerprint density at radius 1 is 1.12 bits per heavy atom. The van der Waals surface area contributed by atoms with Crippen molar-refractivity contribution in [2.75, 3.05) is 6.61 Å². The summed E-state index contributed by atoms with van der Waals surface area (Å²) in [6.45, 7) is 5.11. The van der Waals surface area contributed by atoms with E-state index in [1.165, 1.54) is 24.8 Å². The van der Waals surface area contributed by atoms with Gasteiger partial charge in [0.25, 0.3) is 0 Å². The Hall–Kier alpha value is -0.690. The molecule has 0 amide bonds. The Kier molecular flexibility index (Phi) is 6.32. The Labute approximate surface area is 104 Å². The molecule has 0 spiro atoms. The fraction of sp³-hybridized carbons (Fsp3) is 0.571. The van der Waals surface area contributed by atoms with Crippen LogP contribution < -0.4 is 4.74 Å². The molecule has 16 heavy (non-hydrogen) atoms. The van der Waals surface area contributed by atoms with Crippen LogP contribution in [0.1, 0.15) is 45.1 Å². The van der Waals surface area contributed by atoms with Crippen LogP contribution >= 0.6 is 11.6 Å². The molecule has 0 aromatic heterocycles. The van der Waals surface area contributed by atoms with Gasteiger partial charge in [0.2, 0.25) is 0 Å². The molecule has 0 heterocycles. The van der Waals surface area contributed by atoms with E-state index in [0.717, 1.165) is 30.2 Å². The van der Waals surface area contributed by atoms with Gasteiger partial charge in [-0.05, 0) is 43.0 Å². The molecule has 1 aromatic carbocycles. The minimum absolute atomic E-state index is 0.780. The van der Waals surface area contributed by atoms with Crippen molar-refractivity contribution < 1.29 is 4.74 Å². The summed E-state index contributed by atoms with van der Waals surface area (Å²) in [6.07, 6.45) is 5.81. The molecule has 1 nitrogen and oxygen atoms in total. The van der Waals surface area contributed by atoms with Crippen LogP contribution in [0.2, 0.25) is 5.02 Å². The standard InChI is InChI=1S/C14H21ClO/c1-3-5-6-7-12-11-13(15)8-9-14(12)16-10-4-2/h8-9,11H,3-7,10H2,1-2H3. The van der Waals surface area contributed by atoms with E-state index in [1.807, 2.05) is 18.2 Å². The maximum absolute atomic E-state index is 6.01. The van der Waals surface area contributed by atoms with E-state index in [2.05, 4.69) is 13.8 Å². The summed E-state index contributed by atoms with van der Waals surface area (Å²) in [5.41, 5.74) is 1.24. The third kappa shape index (κ3) is 4.44. The van der Waals surface area contributed by atoms with Gasteiger partial charge in [-0.25, -0.2) is 0 Å². The molecule has 1 rings (SSSR count). The molecule has 0 bridgehead atoms. The van der Waals surface area contributed by atoms with Crippen molar-refractivity contribution in [3.8, 4) is 5.75 Å². The van der Waals surface area contributed by atoms with Gasteiger partial charge in [0.15, 0.2) is 0 Å². The maximum atomic E-state index is 6.01. The molecule has 0 aliphatic heterocycles. The minimum Gasteiger partial charge on any atom is -0.493 e. The molecular formula is C14H21ClO. The quantitative estimate of drug-likeness (QED) is 0.619. The first kappa shape index (κ1) is 13.4. The molecular weight excluding hydrogens is 220 g/mol. The zero-order valence-electron chi connectivity index (χ0n) is 10.3. The van der Waals surface area contributed by atoms with Crippen LogP contribution in [0, 0.1) is 0 Å². The largest absolute Gasteiger partial charge is 0.493 e. The normalized spacial score (nSPS) is 10.4. The van der Waals surface area contributed by atoms with Crippen molar-refractivity contribution in [3.05, 3.63) is 28.8 Å². The van der Waals surface area contributed by atoms with Crippen LogP contribution in [-0.2, 0) is 6.42 Å². The fourth-order valence-corrected chi connectivity index (χ4v) is 1.86. The highest BCUT2D eigenvalue weighted by atomic mass is 35.5. The van der Waals surface area contributed by atoms with Crippen LogP contribution in [0.25, 0.3) is 0 Å². The summed E-state index contributed by atoms with van der Waals surface area (Å²) in [5.74, 6) is 1.00. The summed E-state index contributed by atoms with van der Waals surface area (Å²) in [7, 11) is 0. The average Bonchev–Trinajstić information content (AvgIpc) is 2.28. The van der Waals surface area contributed by atoms with Crippen LogP contribution in [0.4, 0.5) is 0 Å². The fourth-order valence-electron chi connectivity index (χ4n) is 1.66. The lowest BCUT2D eigenvalue weighted by molar-refractivity contribution is 0.314. The first-order chi connectivity index (χ1) is 7.77. The number of unbranched alkanes of at least 4 members (excludes halogenated alkanes) is 2. The van der Waals surface area contributed by atoms with E-state index >= 15 is 0 Å². The first-order valence-corrected chi connectivity index (χ1v) is 6.57. The van der Waals surface area contributed by atoms with Crippen molar-refractivity contribution in [2.24, 2.45) is 0 Å². The Morgan fingerprint density at radius 3 is 2.62 bits per heavy atom. The summed E-state index contributed by atoms with van der Waals surface area (Å²) < 4.78 is 5.71. The zero-order valence-corrected chi connectivity index (χ0v) is 11.0. The molecule has 0 saturated heterocycles. The highest BCUT2D eigenvalue weighted by molar-refractivity contribution is 6.30. The minimum atomic E-state index is 0.780. The number of halogens is 1. The van der Waals surface area contributed by atoms with Crippen molar-refractivity contribution in [1.82, 2.24) is 0 Å². The Balaban J connectivity index is 2.65. The summed E-state index contributed by atoms with van der Waals surface area (Å²) in [6, 6.07) is 5.91. The van der Waals surface area contributed by atoms with Gasteiger partial charge in [-0.2, -0.15) is 0 Å². The molecule has 0 aliphatic rings. The van der Waals surface area contributed by atoms with E-state index in [9.17, 15) is 0 Å². The first-order valence-electron chi connectivity index (χ1n) is 6.19. The van der Waals surface area contributed by atoms with E-state index in [-0.39, 0.29) is 0 Å². The smallest absolute Gasteiger partial charge is 0.122 e. The van der Waals surface area contributed by atoms with Gasteiger partial charge in [-0.3, -0.25) is 0 Å². The number of hydrogen-bond donors (Lipinski definition) is 0. The Morgan fingerprint density at radius 2 is 1.94 bits per heavy atom. The molecule has 1 aromatic rings. The van der Waals surface area contributed by atoms with Crippen LogP contribution in [0.3, 0.4) is 0 Å². The maximum Gasteiger partial charge on any atom is 0.122 e. The van der Waals surface area contributed by atoms with Crippen molar-refractivity contribution in [1.29, 1.82) is 0 Å². The number of benzene rings is 1. The van der Waals surface area contributed by atoms with Gasteiger partial charge in [0.1, 0.15) is 5.75 Å². The molecule has 0 radical (unpaired) electrons. The lowest BCUT2D eigenvalue weighted by atomic mass is 10.1. The van der Waals surface area contributed by atoms with Crippen LogP contribution in [0.15, 0.2) is 18.2 Å². The van der Waals surface area contributed by atoms with Crippen LogP contribution in [0.5, 0.6) is 5.75 Å². The topological polar surface area (TPSA) is 9.23 Å². The molecule has 0 saturated carbocycles. The summed E-state index contributed by atoms with van der Waals surface area (Å²) in [4.78, 5) is 0. The van der Waals surface area contributed by atoms with Gasteiger partial charge < -0.3 is 4.74 Å². The van der Waals surface area contributed by atoms with E-state index < -0.39 is 0 Å². The highest BCUT2D eigenvalue weighted by Gasteiger charge is 2.04. The highest BCUT2D eigenvalue weighted by Crippen LogP contribution is 2.24. The van der Waals surface area contributed by atoms with E-state index in [4.69, 9.17) is 16.3 Å². The number of aryl methyl sites for hydroxylation is 1. The summed E-state index contributed by atoms with van der Waals surface area (Å²) >= 11 is 6.01. The summed E-state index contributed by atoms with van der Waals surface area (Å²) in [5, 5.41) is 0.801. The van der Waals surface area contributed by atoms with Gasteiger partial charge in [-0.1, -0.05) is 38.3 Å². The molecule has 90 valence electrons. The molecule has 0 N–H and O–H groups in total. The molecule has 0 aliphatic carbocycles. The lowest BCUT2D eigenvalue weighted by Gasteiger charge is -2.11. The molecule has 0 atom stereocenters. The zero-order chi connectivity index (χ0) is 11.8. The van der Waals surface area contributed by atoms with Gasteiger partial charge in [-0.15, -0.1) is 0 Å². The van der Waals surface area contributed by atoms with Crippen molar-refractivity contribution in [2.45, 2.75) is 46.0 Å². The van der Waals surface area contributed by atoms with E-state index in [1.54, 1.807) is 0 Å². The number of hydrogen-bond acceptors (Lipinski definition) is 1. The van der Waals surface area contributed by atoms with E-state index in [0.29, 0.717) is 0 Å².